The molecule has 0 bridgehead atoms. The standard InChI is InChI=1S/C17H9ClF2N4O2S2/c18-9-2-1-8(11(19)3-9)6-27-17-23-14-13(28-7-22-14)16(26)24(17)10-4-12(20)15(25)21-5-10/h1-5,7H,6H2,(H,21,25). The van der Waals surface area contributed by atoms with Crippen molar-refractivity contribution in [3.8, 4) is 5.69 Å². The fourth-order valence-corrected chi connectivity index (χ4v) is 4.27. The molecule has 11 heteroatoms. The number of hydrogen-bond acceptors (Lipinski definition) is 6. The lowest BCUT2D eigenvalue weighted by Gasteiger charge is -2.12. The number of nitrogens with zero attached hydrogens (tertiary/aromatic N) is 3. The average Bonchev–Trinajstić information content (AvgIpc) is 3.12. The highest BCUT2D eigenvalue weighted by atomic mass is 35.5. The normalized spacial score (nSPS) is 11.2. The third-order valence-corrected chi connectivity index (χ3v) is 5.84. The molecule has 0 amide bonds. The SMILES string of the molecule is O=c1[nH]cc(-n2c(SCc3ccc(Cl)cc3F)nc3ncsc3c2=O)cc1F. The fourth-order valence-electron chi connectivity index (χ4n) is 2.48. The predicted molar refractivity (Wildman–Crippen MR) is 105 cm³/mol. The Morgan fingerprint density at radius 2 is 2.04 bits per heavy atom. The van der Waals surface area contributed by atoms with E-state index in [1.165, 1.54) is 23.8 Å². The van der Waals surface area contributed by atoms with E-state index in [1.54, 1.807) is 6.07 Å². The van der Waals surface area contributed by atoms with Crippen LogP contribution in [0.1, 0.15) is 5.56 Å². The summed E-state index contributed by atoms with van der Waals surface area (Å²) in [6, 6.07) is 5.23. The summed E-state index contributed by atoms with van der Waals surface area (Å²) < 4.78 is 29.3. The Labute approximate surface area is 168 Å². The number of halogens is 3. The number of aromatic amines is 1. The lowest BCUT2D eigenvalue weighted by Crippen LogP contribution is -2.23. The van der Waals surface area contributed by atoms with Crippen molar-refractivity contribution in [2.45, 2.75) is 10.9 Å². The topological polar surface area (TPSA) is 80.6 Å². The van der Waals surface area contributed by atoms with Gasteiger partial charge in [0.15, 0.2) is 16.6 Å². The zero-order valence-corrected chi connectivity index (χ0v) is 16.2. The molecule has 0 atom stereocenters. The van der Waals surface area contributed by atoms with Crippen LogP contribution in [-0.2, 0) is 5.75 Å². The van der Waals surface area contributed by atoms with E-state index >= 15 is 0 Å². The lowest BCUT2D eigenvalue weighted by atomic mass is 10.2. The van der Waals surface area contributed by atoms with Gasteiger partial charge in [0, 0.05) is 23.0 Å². The largest absolute Gasteiger partial charge is 0.324 e. The Balaban J connectivity index is 1.83. The van der Waals surface area contributed by atoms with Crippen LogP contribution in [0.3, 0.4) is 0 Å². The van der Waals surface area contributed by atoms with E-state index in [9.17, 15) is 18.4 Å². The van der Waals surface area contributed by atoms with Gasteiger partial charge in [-0.05, 0) is 17.7 Å². The van der Waals surface area contributed by atoms with E-state index < -0.39 is 22.8 Å². The van der Waals surface area contributed by atoms with E-state index in [0.717, 1.165) is 33.7 Å². The number of nitrogens with one attached hydrogen (secondary N) is 1. The molecule has 1 aromatic carbocycles. The van der Waals surface area contributed by atoms with Crippen LogP contribution in [0.4, 0.5) is 8.78 Å². The molecule has 3 aromatic heterocycles. The minimum atomic E-state index is -1.03. The van der Waals surface area contributed by atoms with Crippen molar-refractivity contribution in [3.63, 3.8) is 0 Å². The van der Waals surface area contributed by atoms with Gasteiger partial charge in [0.2, 0.25) is 0 Å². The molecule has 3 heterocycles. The van der Waals surface area contributed by atoms with Crippen molar-refractivity contribution in [2.75, 3.05) is 0 Å². The molecule has 0 radical (unpaired) electrons. The highest BCUT2D eigenvalue weighted by Gasteiger charge is 2.17. The van der Waals surface area contributed by atoms with E-state index in [1.807, 2.05) is 0 Å². The number of H-pyrrole nitrogens is 1. The molecule has 28 heavy (non-hydrogen) atoms. The number of aromatic nitrogens is 4. The molecular formula is C17H9ClF2N4O2S2. The third kappa shape index (κ3) is 3.46. The zero-order valence-electron chi connectivity index (χ0n) is 13.8. The maximum Gasteiger partial charge on any atom is 0.284 e. The number of thiazole rings is 1. The highest BCUT2D eigenvalue weighted by Crippen LogP contribution is 2.27. The monoisotopic (exact) mass is 438 g/mol. The summed E-state index contributed by atoms with van der Waals surface area (Å²) >= 11 is 7.94. The van der Waals surface area contributed by atoms with Gasteiger partial charge in [-0.15, -0.1) is 11.3 Å². The van der Waals surface area contributed by atoms with Crippen molar-refractivity contribution in [2.24, 2.45) is 0 Å². The first-order chi connectivity index (χ1) is 13.4. The van der Waals surface area contributed by atoms with Gasteiger partial charge < -0.3 is 4.98 Å². The van der Waals surface area contributed by atoms with Crippen LogP contribution >= 0.6 is 34.7 Å². The first kappa shape index (κ1) is 18.8. The number of hydrogen-bond donors (Lipinski definition) is 1. The molecule has 4 rings (SSSR count). The Morgan fingerprint density at radius 1 is 1.21 bits per heavy atom. The molecule has 0 fully saturated rings. The third-order valence-electron chi connectivity index (χ3n) is 3.81. The van der Waals surface area contributed by atoms with Gasteiger partial charge in [0.25, 0.3) is 11.1 Å². The molecule has 0 spiro atoms. The van der Waals surface area contributed by atoms with Crippen LogP contribution in [0.2, 0.25) is 5.02 Å². The Morgan fingerprint density at radius 3 is 2.79 bits per heavy atom. The van der Waals surface area contributed by atoms with E-state index in [0.29, 0.717) is 5.56 Å². The van der Waals surface area contributed by atoms with E-state index in [2.05, 4.69) is 15.0 Å². The van der Waals surface area contributed by atoms with Crippen LogP contribution in [0.15, 0.2) is 50.7 Å². The number of benzene rings is 1. The van der Waals surface area contributed by atoms with Gasteiger partial charge in [0.1, 0.15) is 10.5 Å². The second kappa shape index (κ2) is 7.46. The Kier molecular flexibility index (Phi) is 5.00. The van der Waals surface area contributed by atoms with Crippen LogP contribution < -0.4 is 11.1 Å². The summed E-state index contributed by atoms with van der Waals surface area (Å²) in [5.74, 6) is -1.37. The summed E-state index contributed by atoms with van der Waals surface area (Å²) in [7, 11) is 0. The first-order valence-corrected chi connectivity index (χ1v) is 10.00. The highest BCUT2D eigenvalue weighted by molar-refractivity contribution is 7.98. The Hall–Kier alpha value is -2.56. The van der Waals surface area contributed by atoms with Crippen LogP contribution in [-0.4, -0.2) is 19.5 Å². The molecule has 0 aliphatic heterocycles. The number of fused-ring (bicyclic) bond motifs is 1. The lowest BCUT2D eigenvalue weighted by molar-refractivity contribution is 0.605. The number of thioether (sulfide) groups is 1. The number of rotatable bonds is 4. The molecular weight excluding hydrogens is 430 g/mol. The summed E-state index contributed by atoms with van der Waals surface area (Å²) in [6.07, 6.45) is 1.22. The molecule has 0 saturated carbocycles. The van der Waals surface area contributed by atoms with Gasteiger partial charge in [-0.25, -0.2) is 18.7 Å². The van der Waals surface area contributed by atoms with Crippen molar-refractivity contribution in [1.82, 2.24) is 19.5 Å². The molecule has 0 aliphatic rings. The molecule has 0 aliphatic carbocycles. The molecule has 4 aromatic rings. The zero-order chi connectivity index (χ0) is 19.8. The van der Waals surface area contributed by atoms with Gasteiger partial charge in [-0.3, -0.25) is 14.2 Å². The van der Waals surface area contributed by atoms with Gasteiger partial charge >= 0.3 is 0 Å². The van der Waals surface area contributed by atoms with E-state index in [-0.39, 0.29) is 32.0 Å². The smallest absolute Gasteiger partial charge is 0.284 e. The molecule has 1 N–H and O–H groups in total. The van der Waals surface area contributed by atoms with Gasteiger partial charge in [0.05, 0.1) is 11.2 Å². The maximum atomic E-state index is 14.1. The summed E-state index contributed by atoms with van der Waals surface area (Å²) in [5.41, 5.74) is 0.823. The maximum absolute atomic E-state index is 14.1. The second-order valence-electron chi connectivity index (χ2n) is 5.60. The Bertz CT molecular complexity index is 1320. The van der Waals surface area contributed by atoms with Gasteiger partial charge in [-0.1, -0.05) is 29.4 Å². The predicted octanol–water partition coefficient (Wildman–Crippen LogP) is 3.75. The summed E-state index contributed by atoms with van der Waals surface area (Å²) in [4.78, 5) is 34.9. The van der Waals surface area contributed by atoms with Crippen LogP contribution in [0, 0.1) is 11.6 Å². The van der Waals surface area contributed by atoms with Crippen LogP contribution in [0.25, 0.3) is 16.0 Å². The minimum absolute atomic E-state index is 0.101. The van der Waals surface area contributed by atoms with Crippen LogP contribution in [0.5, 0.6) is 0 Å². The molecule has 0 unspecified atom stereocenters. The summed E-state index contributed by atoms with van der Waals surface area (Å²) in [6.45, 7) is 0. The van der Waals surface area contributed by atoms with Gasteiger partial charge in [-0.2, -0.15) is 0 Å². The van der Waals surface area contributed by atoms with Crippen molar-refractivity contribution in [1.29, 1.82) is 0 Å². The average molecular weight is 439 g/mol. The minimum Gasteiger partial charge on any atom is -0.324 e. The van der Waals surface area contributed by atoms with Crippen molar-refractivity contribution < 1.29 is 8.78 Å². The quantitative estimate of drug-likeness (QED) is 0.387. The first-order valence-electron chi connectivity index (χ1n) is 7.75. The fraction of sp³-hybridized carbons (Fsp3) is 0.0588. The summed E-state index contributed by atoms with van der Waals surface area (Å²) in [5, 5.41) is 0.457. The van der Waals surface area contributed by atoms with Crippen molar-refractivity contribution in [3.05, 3.63) is 78.9 Å². The molecule has 6 nitrogen and oxygen atoms in total. The number of pyridine rings is 1. The molecule has 142 valence electrons. The molecule has 0 saturated heterocycles. The van der Waals surface area contributed by atoms with E-state index in [4.69, 9.17) is 11.6 Å². The second-order valence-corrected chi connectivity index (χ2v) is 7.83. The van der Waals surface area contributed by atoms with Crippen molar-refractivity contribution >= 4 is 45.0 Å².